The molecule has 1 saturated carbocycles. The number of rotatable bonds is 5. The molecule has 2 aromatic rings. The van der Waals surface area contributed by atoms with E-state index in [2.05, 4.69) is 10.3 Å². The lowest BCUT2D eigenvalue weighted by atomic mass is 9.94. The Morgan fingerprint density at radius 3 is 2.56 bits per heavy atom. The topological polar surface area (TPSA) is 62.2 Å². The molecule has 2 N–H and O–H groups in total. The number of nitrogens with one attached hydrogen (secondary N) is 1. The highest BCUT2D eigenvalue weighted by atomic mass is 32.1. The van der Waals surface area contributed by atoms with Crippen molar-refractivity contribution in [1.82, 2.24) is 10.3 Å². The summed E-state index contributed by atoms with van der Waals surface area (Å²) in [6, 6.07) is 6.28. The van der Waals surface area contributed by atoms with Gasteiger partial charge in [-0.2, -0.15) is 0 Å². The Kier molecular flexibility index (Phi) is 5.81. The third-order valence-electron chi connectivity index (χ3n) is 4.66. The number of thiazole rings is 1. The second kappa shape index (κ2) is 8.06. The minimum absolute atomic E-state index is 0.194. The van der Waals surface area contributed by atoms with Gasteiger partial charge in [0.25, 0.3) is 5.91 Å². The summed E-state index contributed by atoms with van der Waals surface area (Å²) in [5.41, 5.74) is 0.170. The van der Waals surface area contributed by atoms with Gasteiger partial charge in [-0.15, -0.1) is 11.3 Å². The summed E-state index contributed by atoms with van der Waals surface area (Å²) in [5.74, 6) is -0.458. The maximum absolute atomic E-state index is 12.9. The van der Waals surface area contributed by atoms with E-state index in [1.54, 1.807) is 18.3 Å². The Labute approximate surface area is 151 Å². The average molecular weight is 362 g/mol. The molecule has 0 unspecified atom stereocenters. The Morgan fingerprint density at radius 2 is 1.88 bits per heavy atom. The van der Waals surface area contributed by atoms with Gasteiger partial charge in [0.2, 0.25) is 0 Å². The minimum atomic E-state index is -0.784. The monoisotopic (exact) mass is 362 g/mol. The number of hydrogen-bond donors (Lipinski definition) is 2. The largest absolute Gasteiger partial charge is 0.388 e. The molecular formula is C19H23FN2O2S. The summed E-state index contributed by atoms with van der Waals surface area (Å²) in [6.07, 6.45) is 7.94. The fourth-order valence-electron chi connectivity index (χ4n) is 3.17. The molecule has 6 heteroatoms. The SMILES string of the molecule is O=C(NCC1(O)CCCCCC1)c1cnc(Cc2ccc(F)cc2)s1. The number of halogens is 1. The molecule has 25 heavy (non-hydrogen) atoms. The van der Waals surface area contributed by atoms with Crippen LogP contribution in [-0.4, -0.2) is 28.1 Å². The first-order chi connectivity index (χ1) is 12.0. The molecule has 0 atom stereocenters. The van der Waals surface area contributed by atoms with Gasteiger partial charge in [-0.05, 0) is 30.5 Å². The molecule has 0 bridgehead atoms. The van der Waals surface area contributed by atoms with E-state index in [0.717, 1.165) is 49.1 Å². The van der Waals surface area contributed by atoms with Gasteiger partial charge < -0.3 is 10.4 Å². The van der Waals surface area contributed by atoms with Crippen molar-refractivity contribution >= 4 is 17.2 Å². The number of carbonyl (C=O) groups excluding carboxylic acids is 1. The summed E-state index contributed by atoms with van der Waals surface area (Å²) in [5, 5.41) is 14.3. The zero-order valence-corrected chi connectivity index (χ0v) is 14.9. The number of nitrogens with zero attached hydrogens (tertiary/aromatic N) is 1. The first kappa shape index (κ1) is 18.0. The molecule has 1 aliphatic carbocycles. The Balaban J connectivity index is 1.56. The Morgan fingerprint density at radius 1 is 1.20 bits per heavy atom. The molecule has 0 aliphatic heterocycles. The highest BCUT2D eigenvalue weighted by Crippen LogP contribution is 2.26. The van der Waals surface area contributed by atoms with E-state index in [1.165, 1.54) is 23.5 Å². The van der Waals surface area contributed by atoms with Gasteiger partial charge in [-0.25, -0.2) is 9.37 Å². The summed E-state index contributed by atoms with van der Waals surface area (Å²) < 4.78 is 12.9. The molecule has 1 fully saturated rings. The highest BCUT2D eigenvalue weighted by molar-refractivity contribution is 7.13. The smallest absolute Gasteiger partial charge is 0.263 e. The molecule has 0 radical (unpaired) electrons. The second-order valence-corrected chi connectivity index (χ2v) is 7.86. The maximum atomic E-state index is 12.9. The van der Waals surface area contributed by atoms with Gasteiger partial charge in [0.1, 0.15) is 10.7 Å². The molecule has 4 nitrogen and oxygen atoms in total. The van der Waals surface area contributed by atoms with Gasteiger partial charge in [-0.1, -0.05) is 37.8 Å². The predicted octanol–water partition coefficient (Wildman–Crippen LogP) is 3.69. The predicted molar refractivity (Wildman–Crippen MR) is 96.3 cm³/mol. The van der Waals surface area contributed by atoms with Crippen LogP contribution < -0.4 is 5.32 Å². The molecule has 1 aliphatic rings. The van der Waals surface area contributed by atoms with E-state index < -0.39 is 5.60 Å². The lowest BCUT2D eigenvalue weighted by Gasteiger charge is -2.26. The standard InChI is InChI=1S/C19H23FN2O2S/c20-15-7-5-14(6-8-15)11-17-21-12-16(25-17)18(23)22-13-19(24)9-3-1-2-4-10-19/h5-8,12,24H,1-4,9-11,13H2,(H,22,23). The number of aliphatic hydroxyl groups is 1. The van der Waals surface area contributed by atoms with Crippen molar-refractivity contribution in [2.45, 2.75) is 50.5 Å². The van der Waals surface area contributed by atoms with Crippen LogP contribution in [-0.2, 0) is 6.42 Å². The van der Waals surface area contributed by atoms with Crippen molar-refractivity contribution in [3.05, 3.63) is 51.7 Å². The Bertz CT molecular complexity index is 706. The zero-order chi connectivity index (χ0) is 17.7. The van der Waals surface area contributed by atoms with Crippen LogP contribution in [0.3, 0.4) is 0 Å². The van der Waals surface area contributed by atoms with Crippen molar-refractivity contribution < 1.29 is 14.3 Å². The quantitative estimate of drug-likeness (QED) is 0.798. The van der Waals surface area contributed by atoms with Crippen LogP contribution >= 0.6 is 11.3 Å². The highest BCUT2D eigenvalue weighted by Gasteiger charge is 2.28. The Hall–Kier alpha value is -1.79. The molecule has 3 rings (SSSR count). The van der Waals surface area contributed by atoms with E-state index in [4.69, 9.17) is 0 Å². The molecule has 1 aromatic carbocycles. The van der Waals surface area contributed by atoms with Crippen LogP contribution in [0.5, 0.6) is 0 Å². The van der Waals surface area contributed by atoms with Crippen LogP contribution in [0.1, 0.15) is 58.8 Å². The molecule has 1 aromatic heterocycles. The lowest BCUT2D eigenvalue weighted by Crippen LogP contribution is -2.42. The fraction of sp³-hybridized carbons (Fsp3) is 0.474. The third-order valence-corrected chi connectivity index (χ3v) is 5.65. The number of carbonyl (C=O) groups is 1. The van der Waals surface area contributed by atoms with Gasteiger partial charge >= 0.3 is 0 Å². The van der Waals surface area contributed by atoms with E-state index in [9.17, 15) is 14.3 Å². The van der Waals surface area contributed by atoms with Crippen LogP contribution in [0.25, 0.3) is 0 Å². The van der Waals surface area contributed by atoms with E-state index in [1.807, 2.05) is 0 Å². The van der Waals surface area contributed by atoms with Gasteiger partial charge in [-0.3, -0.25) is 4.79 Å². The van der Waals surface area contributed by atoms with Crippen LogP contribution in [0.4, 0.5) is 4.39 Å². The van der Waals surface area contributed by atoms with Crippen LogP contribution in [0.2, 0.25) is 0 Å². The molecular weight excluding hydrogens is 339 g/mol. The van der Waals surface area contributed by atoms with Gasteiger partial charge in [0, 0.05) is 13.0 Å². The molecule has 134 valence electrons. The minimum Gasteiger partial charge on any atom is -0.388 e. The van der Waals surface area contributed by atoms with E-state index in [0.29, 0.717) is 11.3 Å². The number of hydrogen-bond acceptors (Lipinski definition) is 4. The molecule has 0 saturated heterocycles. The molecule has 0 spiro atoms. The number of aromatic nitrogens is 1. The van der Waals surface area contributed by atoms with E-state index in [-0.39, 0.29) is 18.3 Å². The first-order valence-corrected chi connectivity index (χ1v) is 9.55. The first-order valence-electron chi connectivity index (χ1n) is 8.74. The van der Waals surface area contributed by atoms with E-state index >= 15 is 0 Å². The van der Waals surface area contributed by atoms with Crippen molar-refractivity contribution in [3.8, 4) is 0 Å². The lowest BCUT2D eigenvalue weighted by molar-refractivity contribution is 0.0247. The van der Waals surface area contributed by atoms with Crippen molar-refractivity contribution in [2.75, 3.05) is 6.54 Å². The van der Waals surface area contributed by atoms with Gasteiger partial charge in [0.05, 0.1) is 16.8 Å². The molecule has 1 amide bonds. The average Bonchev–Trinajstić information content (AvgIpc) is 2.96. The number of amides is 1. The van der Waals surface area contributed by atoms with Gasteiger partial charge in [0.15, 0.2) is 0 Å². The summed E-state index contributed by atoms with van der Waals surface area (Å²) in [7, 11) is 0. The van der Waals surface area contributed by atoms with Crippen molar-refractivity contribution in [1.29, 1.82) is 0 Å². The van der Waals surface area contributed by atoms with Crippen molar-refractivity contribution in [3.63, 3.8) is 0 Å². The summed E-state index contributed by atoms with van der Waals surface area (Å²) in [6.45, 7) is 0.289. The fourth-order valence-corrected chi connectivity index (χ4v) is 4.04. The summed E-state index contributed by atoms with van der Waals surface area (Å²) >= 11 is 1.33. The van der Waals surface area contributed by atoms with Crippen LogP contribution in [0, 0.1) is 5.82 Å². The zero-order valence-electron chi connectivity index (χ0n) is 14.1. The number of benzene rings is 1. The molecule has 1 heterocycles. The third kappa shape index (κ3) is 5.09. The van der Waals surface area contributed by atoms with Crippen LogP contribution in [0.15, 0.2) is 30.5 Å². The summed E-state index contributed by atoms with van der Waals surface area (Å²) in [4.78, 5) is 17.1. The maximum Gasteiger partial charge on any atom is 0.263 e. The second-order valence-electron chi connectivity index (χ2n) is 6.74. The normalized spacial score (nSPS) is 17.0. The van der Waals surface area contributed by atoms with Crippen molar-refractivity contribution in [2.24, 2.45) is 0 Å².